The average molecular weight is 295 g/mol. The molecule has 0 bridgehead atoms. The summed E-state index contributed by atoms with van der Waals surface area (Å²) in [4.78, 5) is 0. The van der Waals surface area contributed by atoms with Gasteiger partial charge in [-0.2, -0.15) is 13.2 Å². The van der Waals surface area contributed by atoms with Crippen LogP contribution in [0.2, 0.25) is 0 Å². The lowest BCUT2D eigenvalue weighted by atomic mass is 10.1. The summed E-state index contributed by atoms with van der Waals surface area (Å²) in [5, 5.41) is 0. The van der Waals surface area contributed by atoms with Crippen LogP contribution in [0.4, 0.5) is 13.2 Å². The Balaban J connectivity index is 2.07. The molecule has 0 heterocycles. The van der Waals surface area contributed by atoms with Crippen LogP contribution < -0.4 is 10.5 Å². The van der Waals surface area contributed by atoms with E-state index in [2.05, 4.69) is 0 Å². The quantitative estimate of drug-likeness (QED) is 0.923. The summed E-state index contributed by atoms with van der Waals surface area (Å²) in [6, 6.07) is 10.6. The summed E-state index contributed by atoms with van der Waals surface area (Å²) in [5.74, 6) is 0.656. The zero-order valence-electron chi connectivity index (χ0n) is 11.6. The highest BCUT2D eigenvalue weighted by Gasteiger charge is 2.29. The highest BCUT2D eigenvalue weighted by Crippen LogP contribution is 2.29. The Morgan fingerprint density at radius 3 is 2.29 bits per heavy atom. The van der Waals surface area contributed by atoms with Crippen LogP contribution >= 0.6 is 0 Å². The fourth-order valence-electron chi connectivity index (χ4n) is 1.96. The van der Waals surface area contributed by atoms with Crippen molar-refractivity contribution in [3.05, 3.63) is 64.7 Å². The van der Waals surface area contributed by atoms with Gasteiger partial charge in [0.05, 0.1) is 5.56 Å². The standard InChI is InChI=1S/C16H16F3NO/c1-11-2-7-15(13(8-11)9-20)21-10-12-3-5-14(6-4-12)16(17,18)19/h2-8H,9-10,20H2,1H3. The highest BCUT2D eigenvalue weighted by molar-refractivity contribution is 5.37. The number of rotatable bonds is 4. The van der Waals surface area contributed by atoms with Gasteiger partial charge in [-0.05, 0) is 30.7 Å². The Morgan fingerprint density at radius 2 is 1.71 bits per heavy atom. The number of alkyl halides is 3. The van der Waals surface area contributed by atoms with Gasteiger partial charge in [0.15, 0.2) is 0 Å². The van der Waals surface area contributed by atoms with E-state index in [0.717, 1.165) is 23.3 Å². The van der Waals surface area contributed by atoms with Crippen molar-refractivity contribution < 1.29 is 17.9 Å². The molecule has 0 aromatic heterocycles. The summed E-state index contributed by atoms with van der Waals surface area (Å²) in [5.41, 5.74) is 7.62. The monoisotopic (exact) mass is 295 g/mol. The number of aryl methyl sites for hydroxylation is 1. The Hall–Kier alpha value is -2.01. The van der Waals surface area contributed by atoms with Crippen LogP contribution in [-0.4, -0.2) is 0 Å². The lowest BCUT2D eigenvalue weighted by Crippen LogP contribution is -2.06. The molecule has 112 valence electrons. The molecule has 0 atom stereocenters. The van der Waals surface area contributed by atoms with Gasteiger partial charge in [-0.3, -0.25) is 0 Å². The van der Waals surface area contributed by atoms with Gasteiger partial charge >= 0.3 is 6.18 Å². The van der Waals surface area contributed by atoms with Gasteiger partial charge in [-0.25, -0.2) is 0 Å². The predicted molar refractivity (Wildman–Crippen MR) is 74.8 cm³/mol. The number of ether oxygens (including phenoxy) is 1. The lowest BCUT2D eigenvalue weighted by Gasteiger charge is -2.12. The molecule has 2 N–H and O–H groups in total. The molecule has 0 spiro atoms. The molecular formula is C16H16F3NO. The molecule has 2 aromatic rings. The van der Waals surface area contributed by atoms with Gasteiger partial charge in [-0.1, -0.05) is 29.8 Å². The third-order valence-corrected chi connectivity index (χ3v) is 3.11. The molecule has 2 aromatic carbocycles. The zero-order valence-corrected chi connectivity index (χ0v) is 11.6. The normalized spacial score (nSPS) is 11.5. The first-order valence-electron chi connectivity index (χ1n) is 6.48. The van der Waals surface area contributed by atoms with Gasteiger partial charge < -0.3 is 10.5 Å². The summed E-state index contributed by atoms with van der Waals surface area (Å²) in [6.07, 6.45) is -4.32. The molecule has 0 aliphatic carbocycles. The minimum absolute atomic E-state index is 0.203. The van der Waals surface area contributed by atoms with E-state index in [1.807, 2.05) is 25.1 Å². The molecule has 0 amide bonds. The Labute approximate surface area is 121 Å². The van der Waals surface area contributed by atoms with Crippen LogP contribution in [0, 0.1) is 6.92 Å². The van der Waals surface area contributed by atoms with E-state index in [-0.39, 0.29) is 6.61 Å². The maximum Gasteiger partial charge on any atom is 0.416 e. The van der Waals surface area contributed by atoms with Crippen LogP contribution in [0.3, 0.4) is 0 Å². The van der Waals surface area contributed by atoms with Gasteiger partial charge in [0.2, 0.25) is 0 Å². The Kier molecular flexibility index (Phi) is 4.53. The maximum absolute atomic E-state index is 12.5. The Morgan fingerprint density at radius 1 is 1.05 bits per heavy atom. The molecule has 5 heteroatoms. The Bertz CT molecular complexity index is 606. The van der Waals surface area contributed by atoms with E-state index in [1.165, 1.54) is 12.1 Å². The van der Waals surface area contributed by atoms with Gasteiger partial charge in [0, 0.05) is 12.1 Å². The van der Waals surface area contributed by atoms with Gasteiger partial charge in [0.1, 0.15) is 12.4 Å². The van der Waals surface area contributed by atoms with E-state index < -0.39 is 11.7 Å². The van der Waals surface area contributed by atoms with E-state index in [4.69, 9.17) is 10.5 Å². The van der Waals surface area contributed by atoms with Crippen molar-refractivity contribution in [3.8, 4) is 5.75 Å². The smallest absolute Gasteiger partial charge is 0.416 e. The van der Waals surface area contributed by atoms with Crippen molar-refractivity contribution in [2.45, 2.75) is 26.3 Å². The number of hydrogen-bond donors (Lipinski definition) is 1. The minimum atomic E-state index is -4.32. The first-order chi connectivity index (χ1) is 9.90. The average Bonchev–Trinajstić information content (AvgIpc) is 2.45. The molecule has 0 radical (unpaired) electrons. The topological polar surface area (TPSA) is 35.2 Å². The molecule has 0 aliphatic rings. The lowest BCUT2D eigenvalue weighted by molar-refractivity contribution is -0.137. The van der Waals surface area contributed by atoms with E-state index in [1.54, 1.807) is 0 Å². The molecule has 2 rings (SSSR count). The molecule has 0 saturated heterocycles. The number of benzene rings is 2. The number of hydrogen-bond acceptors (Lipinski definition) is 2. The fraction of sp³-hybridized carbons (Fsp3) is 0.250. The van der Waals surface area contributed by atoms with Crippen molar-refractivity contribution in [2.75, 3.05) is 0 Å². The molecule has 21 heavy (non-hydrogen) atoms. The predicted octanol–water partition coefficient (Wildman–Crippen LogP) is 4.05. The van der Waals surface area contributed by atoms with Crippen molar-refractivity contribution in [1.82, 2.24) is 0 Å². The highest BCUT2D eigenvalue weighted by atomic mass is 19.4. The van der Waals surface area contributed by atoms with E-state index in [9.17, 15) is 13.2 Å². The molecule has 2 nitrogen and oxygen atoms in total. The van der Waals surface area contributed by atoms with Crippen LogP contribution in [0.5, 0.6) is 5.75 Å². The van der Waals surface area contributed by atoms with Crippen molar-refractivity contribution in [1.29, 1.82) is 0 Å². The number of nitrogens with two attached hydrogens (primary N) is 1. The summed E-state index contributed by atoms with van der Waals surface area (Å²) in [7, 11) is 0. The van der Waals surface area contributed by atoms with E-state index in [0.29, 0.717) is 17.9 Å². The molecule has 0 aliphatic heterocycles. The van der Waals surface area contributed by atoms with Crippen LogP contribution in [0.15, 0.2) is 42.5 Å². The van der Waals surface area contributed by atoms with Crippen LogP contribution in [-0.2, 0) is 19.3 Å². The zero-order chi connectivity index (χ0) is 15.5. The van der Waals surface area contributed by atoms with Crippen LogP contribution in [0.25, 0.3) is 0 Å². The molecule has 0 fully saturated rings. The van der Waals surface area contributed by atoms with Gasteiger partial charge in [-0.15, -0.1) is 0 Å². The third kappa shape index (κ3) is 3.98. The second-order valence-electron chi connectivity index (χ2n) is 4.80. The van der Waals surface area contributed by atoms with Crippen molar-refractivity contribution in [3.63, 3.8) is 0 Å². The SMILES string of the molecule is Cc1ccc(OCc2ccc(C(F)(F)F)cc2)c(CN)c1. The molecule has 0 unspecified atom stereocenters. The molecular weight excluding hydrogens is 279 g/mol. The van der Waals surface area contributed by atoms with E-state index >= 15 is 0 Å². The minimum Gasteiger partial charge on any atom is -0.489 e. The first kappa shape index (κ1) is 15.4. The third-order valence-electron chi connectivity index (χ3n) is 3.11. The summed E-state index contributed by atoms with van der Waals surface area (Å²) >= 11 is 0. The summed E-state index contributed by atoms with van der Waals surface area (Å²) in [6.45, 7) is 2.51. The van der Waals surface area contributed by atoms with Crippen LogP contribution in [0.1, 0.15) is 22.3 Å². The number of halogens is 3. The fourth-order valence-corrected chi connectivity index (χ4v) is 1.96. The summed E-state index contributed by atoms with van der Waals surface area (Å²) < 4.78 is 43.0. The van der Waals surface area contributed by atoms with Crippen molar-refractivity contribution in [2.24, 2.45) is 5.73 Å². The second kappa shape index (κ2) is 6.18. The van der Waals surface area contributed by atoms with Crippen molar-refractivity contribution >= 4 is 0 Å². The van der Waals surface area contributed by atoms with Gasteiger partial charge in [0.25, 0.3) is 0 Å². The molecule has 0 saturated carbocycles. The second-order valence-corrected chi connectivity index (χ2v) is 4.80. The first-order valence-corrected chi connectivity index (χ1v) is 6.48. The largest absolute Gasteiger partial charge is 0.489 e. The maximum atomic E-state index is 12.5.